The van der Waals surface area contributed by atoms with Gasteiger partial charge in [0, 0.05) is 16.8 Å². The number of nitrogen functional groups attached to an aromatic ring is 1. The third-order valence-corrected chi connectivity index (χ3v) is 3.94. The Morgan fingerprint density at radius 2 is 1.94 bits per heavy atom. The van der Waals surface area contributed by atoms with Crippen LogP contribution < -0.4 is 5.73 Å². The predicted molar refractivity (Wildman–Crippen MR) is 74.7 cm³/mol. The van der Waals surface area contributed by atoms with Crippen molar-refractivity contribution in [3.63, 3.8) is 0 Å². The van der Waals surface area contributed by atoms with Crippen molar-refractivity contribution in [3.05, 3.63) is 52.1 Å². The molecule has 2 N–H and O–H groups in total. The molecule has 0 amide bonds. The fourth-order valence-electron chi connectivity index (χ4n) is 1.27. The minimum atomic E-state index is 0.531. The van der Waals surface area contributed by atoms with E-state index in [2.05, 4.69) is 4.98 Å². The fraction of sp³-hybridized carbons (Fsp3) is 0.0833. The van der Waals surface area contributed by atoms with Gasteiger partial charge in [0.2, 0.25) is 0 Å². The van der Waals surface area contributed by atoms with E-state index in [1.165, 1.54) is 0 Å². The Morgan fingerprint density at radius 3 is 2.59 bits per heavy atom. The summed E-state index contributed by atoms with van der Waals surface area (Å²) in [5, 5.41) is 1.16. The zero-order valence-electron chi connectivity index (χ0n) is 8.86. The Bertz CT molecular complexity index is 514. The number of anilines is 1. The maximum Gasteiger partial charge on any atom is 0.123 e. The van der Waals surface area contributed by atoms with Gasteiger partial charge in [-0.05, 0) is 29.8 Å². The summed E-state index contributed by atoms with van der Waals surface area (Å²) in [5.41, 5.74) is 6.64. The van der Waals surface area contributed by atoms with Gasteiger partial charge in [-0.3, -0.25) is 0 Å². The maximum atomic E-state index is 5.95. The first kappa shape index (κ1) is 12.6. The van der Waals surface area contributed by atoms with Gasteiger partial charge in [0.05, 0.1) is 10.0 Å². The minimum Gasteiger partial charge on any atom is -0.384 e. The van der Waals surface area contributed by atoms with Crippen LogP contribution in [-0.4, -0.2) is 4.98 Å². The van der Waals surface area contributed by atoms with E-state index in [1.54, 1.807) is 30.1 Å². The lowest BCUT2D eigenvalue weighted by Crippen LogP contribution is -1.88. The zero-order chi connectivity index (χ0) is 12.3. The highest BCUT2D eigenvalue weighted by molar-refractivity contribution is 7.98. The Balaban J connectivity index is 2.02. The van der Waals surface area contributed by atoms with Gasteiger partial charge in [0.1, 0.15) is 5.82 Å². The molecule has 2 nitrogen and oxygen atoms in total. The molecule has 0 saturated heterocycles. The number of halogens is 2. The Labute approximate surface area is 114 Å². The molecule has 1 aromatic heterocycles. The van der Waals surface area contributed by atoms with Gasteiger partial charge in [0.15, 0.2) is 0 Å². The average Bonchev–Trinajstić information content (AvgIpc) is 2.33. The van der Waals surface area contributed by atoms with Crippen molar-refractivity contribution in [1.29, 1.82) is 0 Å². The standard InChI is InChI=1S/C12H10Cl2N2S/c13-10-3-1-8(5-11(10)14)7-17-9-2-4-12(15)16-6-9/h1-6H,7H2,(H2,15,16). The van der Waals surface area contributed by atoms with Crippen LogP contribution in [0.15, 0.2) is 41.4 Å². The summed E-state index contributed by atoms with van der Waals surface area (Å²) in [6.07, 6.45) is 1.76. The number of nitrogens with zero attached hydrogens (tertiary/aromatic N) is 1. The predicted octanol–water partition coefficient (Wildman–Crippen LogP) is 4.26. The number of hydrogen-bond acceptors (Lipinski definition) is 3. The van der Waals surface area contributed by atoms with E-state index >= 15 is 0 Å². The highest BCUT2D eigenvalue weighted by Crippen LogP contribution is 2.27. The number of hydrogen-bond donors (Lipinski definition) is 1. The van der Waals surface area contributed by atoms with Gasteiger partial charge in [-0.15, -0.1) is 11.8 Å². The monoisotopic (exact) mass is 284 g/mol. The zero-order valence-corrected chi connectivity index (χ0v) is 11.2. The summed E-state index contributed by atoms with van der Waals surface area (Å²) < 4.78 is 0. The van der Waals surface area contributed by atoms with Crippen LogP contribution in [0.25, 0.3) is 0 Å². The van der Waals surface area contributed by atoms with Crippen LogP contribution in [-0.2, 0) is 5.75 Å². The highest BCUT2D eigenvalue weighted by atomic mass is 35.5. The molecule has 0 aliphatic carbocycles. The van der Waals surface area contributed by atoms with Crippen molar-refractivity contribution >= 4 is 40.8 Å². The van der Waals surface area contributed by atoms with Crippen molar-refractivity contribution in [2.45, 2.75) is 10.6 Å². The van der Waals surface area contributed by atoms with Crippen molar-refractivity contribution in [1.82, 2.24) is 4.98 Å². The normalized spacial score (nSPS) is 10.5. The first-order chi connectivity index (χ1) is 8.15. The van der Waals surface area contributed by atoms with Crippen LogP contribution in [0.5, 0.6) is 0 Å². The molecule has 0 radical (unpaired) electrons. The summed E-state index contributed by atoms with van der Waals surface area (Å²) >= 11 is 13.5. The molecule has 2 rings (SSSR count). The van der Waals surface area contributed by atoms with Gasteiger partial charge < -0.3 is 5.73 Å². The van der Waals surface area contributed by atoms with Crippen molar-refractivity contribution in [2.24, 2.45) is 0 Å². The molecule has 0 unspecified atom stereocenters. The van der Waals surface area contributed by atoms with Crippen LogP contribution in [0.3, 0.4) is 0 Å². The third-order valence-electron chi connectivity index (χ3n) is 2.15. The van der Waals surface area contributed by atoms with E-state index in [9.17, 15) is 0 Å². The highest BCUT2D eigenvalue weighted by Gasteiger charge is 2.01. The van der Waals surface area contributed by atoms with Crippen molar-refractivity contribution < 1.29 is 0 Å². The lowest BCUT2D eigenvalue weighted by molar-refractivity contribution is 1.24. The first-order valence-electron chi connectivity index (χ1n) is 4.93. The van der Waals surface area contributed by atoms with Crippen molar-refractivity contribution in [3.8, 4) is 0 Å². The number of pyridine rings is 1. The van der Waals surface area contributed by atoms with Gasteiger partial charge in [0.25, 0.3) is 0 Å². The van der Waals surface area contributed by atoms with E-state index in [0.29, 0.717) is 15.9 Å². The van der Waals surface area contributed by atoms with Crippen LogP contribution >= 0.6 is 35.0 Å². The number of nitrogens with two attached hydrogens (primary N) is 1. The molecule has 0 fully saturated rings. The Morgan fingerprint density at radius 1 is 1.12 bits per heavy atom. The largest absolute Gasteiger partial charge is 0.384 e. The van der Waals surface area contributed by atoms with Crippen LogP contribution in [0.4, 0.5) is 5.82 Å². The van der Waals surface area contributed by atoms with Gasteiger partial charge in [-0.1, -0.05) is 29.3 Å². The van der Waals surface area contributed by atoms with Gasteiger partial charge in [-0.2, -0.15) is 0 Å². The number of aromatic nitrogens is 1. The minimum absolute atomic E-state index is 0.531. The number of thioether (sulfide) groups is 1. The summed E-state index contributed by atoms with van der Waals surface area (Å²) in [4.78, 5) is 5.11. The van der Waals surface area contributed by atoms with E-state index in [-0.39, 0.29) is 0 Å². The Hall–Kier alpha value is -0.900. The molecule has 17 heavy (non-hydrogen) atoms. The molecule has 0 saturated carbocycles. The molecule has 0 aliphatic heterocycles. The number of rotatable bonds is 3. The SMILES string of the molecule is Nc1ccc(SCc2ccc(Cl)c(Cl)c2)cn1. The maximum absolute atomic E-state index is 5.95. The number of benzene rings is 1. The van der Waals surface area contributed by atoms with Crippen LogP contribution in [0, 0.1) is 0 Å². The molecule has 0 bridgehead atoms. The molecular weight excluding hydrogens is 275 g/mol. The van der Waals surface area contributed by atoms with E-state index in [4.69, 9.17) is 28.9 Å². The average molecular weight is 285 g/mol. The molecule has 88 valence electrons. The summed E-state index contributed by atoms with van der Waals surface area (Å²) in [7, 11) is 0. The van der Waals surface area contributed by atoms with Crippen molar-refractivity contribution in [2.75, 3.05) is 5.73 Å². The van der Waals surface area contributed by atoms with Crippen LogP contribution in [0.2, 0.25) is 10.0 Å². The molecular formula is C12H10Cl2N2S. The fourth-order valence-corrected chi connectivity index (χ4v) is 2.40. The molecule has 5 heteroatoms. The van der Waals surface area contributed by atoms with Gasteiger partial charge >= 0.3 is 0 Å². The molecule has 2 aromatic rings. The first-order valence-corrected chi connectivity index (χ1v) is 6.67. The van der Waals surface area contributed by atoms with E-state index in [1.807, 2.05) is 18.2 Å². The lowest BCUT2D eigenvalue weighted by Gasteiger charge is -2.03. The molecule has 0 atom stereocenters. The molecule has 1 heterocycles. The second-order valence-electron chi connectivity index (χ2n) is 3.46. The topological polar surface area (TPSA) is 38.9 Å². The van der Waals surface area contributed by atoms with E-state index in [0.717, 1.165) is 16.2 Å². The smallest absolute Gasteiger partial charge is 0.123 e. The van der Waals surface area contributed by atoms with E-state index < -0.39 is 0 Å². The lowest BCUT2D eigenvalue weighted by atomic mass is 10.2. The molecule has 0 spiro atoms. The Kier molecular flexibility index (Phi) is 4.15. The summed E-state index contributed by atoms with van der Waals surface area (Å²) in [5.74, 6) is 1.35. The third kappa shape index (κ3) is 3.53. The summed E-state index contributed by atoms with van der Waals surface area (Å²) in [6.45, 7) is 0. The van der Waals surface area contributed by atoms with Crippen LogP contribution in [0.1, 0.15) is 5.56 Å². The quantitative estimate of drug-likeness (QED) is 0.856. The summed E-state index contributed by atoms with van der Waals surface area (Å²) in [6, 6.07) is 9.39. The second-order valence-corrected chi connectivity index (χ2v) is 5.32. The molecule has 1 aromatic carbocycles. The van der Waals surface area contributed by atoms with Gasteiger partial charge in [-0.25, -0.2) is 4.98 Å². The second kappa shape index (κ2) is 5.63. The molecule has 0 aliphatic rings.